The number of rotatable bonds is 2. The van der Waals surface area contributed by atoms with Crippen LogP contribution in [0.2, 0.25) is 0 Å². The Morgan fingerprint density at radius 1 is 1.53 bits per heavy atom. The van der Waals surface area contributed by atoms with Gasteiger partial charge in [-0.1, -0.05) is 6.07 Å². The van der Waals surface area contributed by atoms with Crippen LogP contribution in [0.1, 0.15) is 18.4 Å². The Labute approximate surface area is 113 Å². The number of nitrogens with zero attached hydrogens (tertiary/aromatic N) is 1. The molecular formula is C14H20N2O3. The van der Waals surface area contributed by atoms with Crippen molar-refractivity contribution in [2.75, 3.05) is 25.5 Å². The van der Waals surface area contributed by atoms with Crippen LogP contribution in [-0.2, 0) is 0 Å². The normalized spacial score (nSPS) is 19.1. The van der Waals surface area contributed by atoms with Crippen LogP contribution >= 0.6 is 0 Å². The summed E-state index contributed by atoms with van der Waals surface area (Å²) in [5.41, 5.74) is 1.71. The van der Waals surface area contributed by atoms with Crippen molar-refractivity contribution in [2.24, 2.45) is 0 Å². The van der Waals surface area contributed by atoms with Crippen LogP contribution in [0.25, 0.3) is 0 Å². The van der Waals surface area contributed by atoms with E-state index in [0.29, 0.717) is 24.5 Å². The van der Waals surface area contributed by atoms with Gasteiger partial charge in [-0.05, 0) is 37.5 Å². The van der Waals surface area contributed by atoms with E-state index in [2.05, 4.69) is 5.32 Å². The first-order chi connectivity index (χ1) is 9.10. The van der Waals surface area contributed by atoms with Crippen molar-refractivity contribution in [1.82, 2.24) is 4.90 Å². The van der Waals surface area contributed by atoms with Gasteiger partial charge in [0.15, 0.2) is 0 Å². The maximum Gasteiger partial charge on any atom is 0.322 e. The second-order valence-electron chi connectivity index (χ2n) is 4.88. The number of carbonyl (C=O) groups excluding carboxylic acids is 1. The summed E-state index contributed by atoms with van der Waals surface area (Å²) in [5, 5.41) is 12.4. The number of aryl methyl sites for hydroxylation is 1. The quantitative estimate of drug-likeness (QED) is 0.858. The van der Waals surface area contributed by atoms with Crippen LogP contribution in [0, 0.1) is 6.92 Å². The number of nitrogens with one attached hydrogen (secondary N) is 1. The molecule has 1 heterocycles. The molecule has 0 unspecified atom stereocenters. The van der Waals surface area contributed by atoms with Crippen LogP contribution in [0.4, 0.5) is 10.5 Å². The van der Waals surface area contributed by atoms with Gasteiger partial charge in [-0.3, -0.25) is 0 Å². The summed E-state index contributed by atoms with van der Waals surface area (Å²) in [4.78, 5) is 13.8. The third-order valence-electron chi connectivity index (χ3n) is 3.28. The Hall–Kier alpha value is -1.75. The Bertz CT molecular complexity index is 462. The van der Waals surface area contributed by atoms with Crippen LogP contribution in [-0.4, -0.2) is 42.3 Å². The molecule has 0 aromatic heterocycles. The van der Waals surface area contributed by atoms with E-state index in [-0.39, 0.29) is 6.03 Å². The van der Waals surface area contributed by atoms with E-state index < -0.39 is 6.10 Å². The molecule has 5 nitrogen and oxygen atoms in total. The number of likely N-dealkylation sites (tertiary alicyclic amines) is 1. The lowest BCUT2D eigenvalue weighted by Gasteiger charge is -2.30. The van der Waals surface area contributed by atoms with Crippen molar-refractivity contribution >= 4 is 11.7 Å². The molecule has 19 heavy (non-hydrogen) atoms. The molecule has 1 aromatic rings. The fourth-order valence-electron chi connectivity index (χ4n) is 2.25. The Morgan fingerprint density at radius 3 is 3.00 bits per heavy atom. The number of hydrogen-bond acceptors (Lipinski definition) is 3. The van der Waals surface area contributed by atoms with Gasteiger partial charge in [0.2, 0.25) is 0 Å². The van der Waals surface area contributed by atoms with E-state index in [4.69, 9.17) is 4.74 Å². The van der Waals surface area contributed by atoms with E-state index in [1.54, 1.807) is 12.0 Å². The van der Waals surface area contributed by atoms with Crippen LogP contribution < -0.4 is 10.1 Å². The van der Waals surface area contributed by atoms with E-state index >= 15 is 0 Å². The zero-order valence-electron chi connectivity index (χ0n) is 11.3. The Balaban J connectivity index is 2.07. The smallest absolute Gasteiger partial charge is 0.322 e. The number of piperidine rings is 1. The monoisotopic (exact) mass is 264 g/mol. The predicted octanol–water partition coefficient (Wildman–Crippen LogP) is 1.99. The Kier molecular flexibility index (Phi) is 4.27. The number of benzene rings is 1. The summed E-state index contributed by atoms with van der Waals surface area (Å²) in [6.45, 7) is 3.02. The highest BCUT2D eigenvalue weighted by Gasteiger charge is 2.22. The Morgan fingerprint density at radius 2 is 2.32 bits per heavy atom. The molecule has 104 valence electrons. The summed E-state index contributed by atoms with van der Waals surface area (Å²) >= 11 is 0. The molecule has 2 amide bonds. The standard InChI is InChI=1S/C14H20N2O3/c1-10-5-6-13(19-2)12(8-10)15-14(18)16-7-3-4-11(17)9-16/h5-6,8,11,17H,3-4,7,9H2,1-2H3,(H,15,18)/t11-/m0/s1. The highest BCUT2D eigenvalue weighted by molar-refractivity contribution is 5.91. The maximum atomic E-state index is 12.1. The van der Waals surface area contributed by atoms with Gasteiger partial charge in [0.25, 0.3) is 0 Å². The minimum absolute atomic E-state index is 0.192. The van der Waals surface area contributed by atoms with Crippen molar-refractivity contribution < 1.29 is 14.6 Å². The van der Waals surface area contributed by atoms with Gasteiger partial charge >= 0.3 is 6.03 Å². The summed E-state index contributed by atoms with van der Waals surface area (Å²) in [5.74, 6) is 0.636. The van der Waals surface area contributed by atoms with E-state index in [0.717, 1.165) is 18.4 Å². The molecule has 0 bridgehead atoms. The molecule has 2 N–H and O–H groups in total. The predicted molar refractivity (Wildman–Crippen MR) is 73.6 cm³/mol. The number of aliphatic hydroxyl groups is 1. The number of urea groups is 1. The average molecular weight is 264 g/mol. The van der Waals surface area contributed by atoms with Gasteiger partial charge in [0.05, 0.1) is 18.9 Å². The number of hydrogen-bond donors (Lipinski definition) is 2. The highest BCUT2D eigenvalue weighted by Crippen LogP contribution is 2.25. The summed E-state index contributed by atoms with van der Waals surface area (Å²) in [7, 11) is 1.57. The van der Waals surface area contributed by atoms with Crippen LogP contribution in [0.5, 0.6) is 5.75 Å². The van der Waals surface area contributed by atoms with Gasteiger partial charge < -0.3 is 20.1 Å². The fraction of sp³-hybridized carbons (Fsp3) is 0.500. The highest BCUT2D eigenvalue weighted by atomic mass is 16.5. The van der Waals surface area contributed by atoms with E-state index in [9.17, 15) is 9.90 Å². The van der Waals surface area contributed by atoms with Crippen LogP contribution in [0.15, 0.2) is 18.2 Å². The minimum atomic E-state index is -0.418. The number of amides is 2. The topological polar surface area (TPSA) is 61.8 Å². The number of ether oxygens (including phenoxy) is 1. The van der Waals surface area contributed by atoms with Crippen molar-refractivity contribution in [3.63, 3.8) is 0 Å². The summed E-state index contributed by atoms with van der Waals surface area (Å²) in [6, 6.07) is 5.44. The maximum absolute atomic E-state index is 12.1. The molecule has 1 saturated heterocycles. The first-order valence-electron chi connectivity index (χ1n) is 6.49. The van der Waals surface area contributed by atoms with Gasteiger partial charge in [0, 0.05) is 13.1 Å². The zero-order valence-corrected chi connectivity index (χ0v) is 11.3. The number of aliphatic hydroxyl groups excluding tert-OH is 1. The van der Waals surface area contributed by atoms with Crippen molar-refractivity contribution in [3.05, 3.63) is 23.8 Å². The molecule has 2 rings (SSSR count). The van der Waals surface area contributed by atoms with Gasteiger partial charge in [0.1, 0.15) is 5.75 Å². The number of anilines is 1. The first kappa shape index (κ1) is 13.7. The number of carbonyl (C=O) groups is 1. The van der Waals surface area contributed by atoms with Gasteiger partial charge in [-0.25, -0.2) is 4.79 Å². The molecule has 1 aliphatic heterocycles. The molecule has 0 spiro atoms. The largest absolute Gasteiger partial charge is 0.495 e. The third kappa shape index (κ3) is 3.38. The molecule has 1 aliphatic rings. The van der Waals surface area contributed by atoms with Gasteiger partial charge in [-0.2, -0.15) is 0 Å². The lowest BCUT2D eigenvalue weighted by molar-refractivity contribution is 0.0883. The zero-order chi connectivity index (χ0) is 13.8. The number of methoxy groups -OCH3 is 1. The third-order valence-corrected chi connectivity index (χ3v) is 3.28. The molecule has 5 heteroatoms. The molecule has 1 fully saturated rings. The average Bonchev–Trinajstić information content (AvgIpc) is 2.39. The fourth-order valence-corrected chi connectivity index (χ4v) is 2.25. The lowest BCUT2D eigenvalue weighted by Crippen LogP contribution is -2.44. The minimum Gasteiger partial charge on any atom is -0.495 e. The summed E-state index contributed by atoms with van der Waals surface area (Å²) in [6.07, 6.45) is 1.18. The SMILES string of the molecule is COc1ccc(C)cc1NC(=O)N1CCC[C@H](O)C1. The molecule has 1 aromatic carbocycles. The van der Waals surface area contributed by atoms with Crippen LogP contribution in [0.3, 0.4) is 0 Å². The molecule has 1 atom stereocenters. The number of β-amino-alcohol motifs (C(OH)–C–C–N with tert-alkyl or cyclic N) is 1. The van der Waals surface area contributed by atoms with Crippen molar-refractivity contribution in [1.29, 1.82) is 0 Å². The molecule has 0 aliphatic carbocycles. The summed E-state index contributed by atoms with van der Waals surface area (Å²) < 4.78 is 5.23. The van der Waals surface area contributed by atoms with Crippen molar-refractivity contribution in [2.45, 2.75) is 25.9 Å². The van der Waals surface area contributed by atoms with E-state index in [1.165, 1.54) is 0 Å². The van der Waals surface area contributed by atoms with Crippen molar-refractivity contribution in [3.8, 4) is 5.75 Å². The van der Waals surface area contributed by atoms with E-state index in [1.807, 2.05) is 25.1 Å². The first-order valence-corrected chi connectivity index (χ1v) is 6.49. The second-order valence-corrected chi connectivity index (χ2v) is 4.88. The molecular weight excluding hydrogens is 244 g/mol. The van der Waals surface area contributed by atoms with Gasteiger partial charge in [-0.15, -0.1) is 0 Å². The molecule has 0 saturated carbocycles. The lowest BCUT2D eigenvalue weighted by atomic mass is 10.1. The molecule has 0 radical (unpaired) electrons. The second kappa shape index (κ2) is 5.93.